The van der Waals surface area contributed by atoms with Crippen molar-refractivity contribution >= 4 is 21.8 Å². The van der Waals surface area contributed by atoms with E-state index < -0.39 is 0 Å². The van der Waals surface area contributed by atoms with Crippen LogP contribution < -0.4 is 19.6 Å². The molecular formula is C16H15NO4. The van der Waals surface area contributed by atoms with Gasteiger partial charge >= 0.3 is 0 Å². The van der Waals surface area contributed by atoms with Crippen LogP contribution in [0.2, 0.25) is 0 Å². The summed E-state index contributed by atoms with van der Waals surface area (Å²) in [5.41, 5.74) is 1.28. The first-order chi connectivity index (χ1) is 10.2. The van der Waals surface area contributed by atoms with E-state index in [0.717, 1.165) is 5.52 Å². The van der Waals surface area contributed by atoms with Crippen LogP contribution in [0.3, 0.4) is 0 Å². The van der Waals surface area contributed by atoms with E-state index in [0.29, 0.717) is 33.5 Å². The van der Waals surface area contributed by atoms with Crippen LogP contribution in [0.5, 0.6) is 17.2 Å². The summed E-state index contributed by atoms with van der Waals surface area (Å²) in [5.74, 6) is 1.37. The average molecular weight is 285 g/mol. The first-order valence-electron chi connectivity index (χ1n) is 6.45. The molecule has 5 nitrogen and oxygen atoms in total. The third-order valence-electron chi connectivity index (χ3n) is 3.51. The lowest BCUT2D eigenvalue weighted by molar-refractivity contribution is 0.327. The zero-order chi connectivity index (χ0) is 15.0. The van der Waals surface area contributed by atoms with Crippen molar-refractivity contribution in [2.45, 2.75) is 0 Å². The molecule has 0 spiro atoms. The molecule has 0 atom stereocenters. The molecule has 0 radical (unpaired) electrons. The predicted octanol–water partition coefficient (Wildman–Crippen LogP) is 2.71. The highest BCUT2D eigenvalue weighted by molar-refractivity contribution is 5.97. The summed E-state index contributed by atoms with van der Waals surface area (Å²) >= 11 is 0. The summed E-state index contributed by atoms with van der Waals surface area (Å²) in [6.45, 7) is 0. The molecular weight excluding hydrogens is 270 g/mol. The molecule has 1 N–H and O–H groups in total. The highest BCUT2D eigenvalue weighted by atomic mass is 16.5. The second-order valence-corrected chi connectivity index (χ2v) is 4.57. The van der Waals surface area contributed by atoms with E-state index >= 15 is 0 Å². The van der Waals surface area contributed by atoms with E-state index in [9.17, 15) is 4.79 Å². The van der Waals surface area contributed by atoms with Gasteiger partial charge < -0.3 is 19.2 Å². The van der Waals surface area contributed by atoms with Crippen LogP contribution in [0, 0.1) is 0 Å². The number of aromatic amines is 1. The fourth-order valence-electron chi connectivity index (χ4n) is 2.53. The summed E-state index contributed by atoms with van der Waals surface area (Å²) in [6.07, 6.45) is 0. The zero-order valence-electron chi connectivity index (χ0n) is 12.0. The fourth-order valence-corrected chi connectivity index (χ4v) is 2.53. The Kier molecular flexibility index (Phi) is 3.17. The number of hydrogen-bond acceptors (Lipinski definition) is 4. The highest BCUT2D eigenvalue weighted by Gasteiger charge is 2.19. The molecule has 3 rings (SSSR count). The SMILES string of the molecule is COc1cc2c(=O)c3ccccc3[nH]c2c(OC)c1OC. The quantitative estimate of drug-likeness (QED) is 0.752. The number of para-hydroxylation sites is 1. The Morgan fingerprint density at radius 1 is 0.905 bits per heavy atom. The maximum absolute atomic E-state index is 12.7. The van der Waals surface area contributed by atoms with Crippen LogP contribution in [-0.4, -0.2) is 26.3 Å². The number of rotatable bonds is 3. The molecule has 5 heteroatoms. The van der Waals surface area contributed by atoms with Gasteiger partial charge in [0.2, 0.25) is 5.75 Å². The topological polar surface area (TPSA) is 60.6 Å². The molecule has 21 heavy (non-hydrogen) atoms. The average Bonchev–Trinajstić information content (AvgIpc) is 2.53. The molecule has 0 saturated carbocycles. The smallest absolute Gasteiger partial charge is 0.205 e. The van der Waals surface area contributed by atoms with Crippen LogP contribution in [-0.2, 0) is 0 Å². The number of aromatic nitrogens is 1. The maximum atomic E-state index is 12.7. The number of pyridine rings is 1. The van der Waals surface area contributed by atoms with Gasteiger partial charge in [0.15, 0.2) is 16.9 Å². The number of benzene rings is 2. The summed E-state index contributed by atoms with van der Waals surface area (Å²) in [6, 6.07) is 9.02. The van der Waals surface area contributed by atoms with Crippen molar-refractivity contribution in [1.29, 1.82) is 0 Å². The highest BCUT2D eigenvalue weighted by Crippen LogP contribution is 2.42. The van der Waals surface area contributed by atoms with E-state index in [1.165, 1.54) is 21.3 Å². The van der Waals surface area contributed by atoms with Crippen molar-refractivity contribution in [2.75, 3.05) is 21.3 Å². The summed E-state index contributed by atoms with van der Waals surface area (Å²) in [7, 11) is 4.59. The van der Waals surface area contributed by atoms with Gasteiger partial charge in [-0.15, -0.1) is 0 Å². The van der Waals surface area contributed by atoms with Crippen molar-refractivity contribution in [3.63, 3.8) is 0 Å². The van der Waals surface area contributed by atoms with Crippen molar-refractivity contribution in [3.8, 4) is 17.2 Å². The van der Waals surface area contributed by atoms with Gasteiger partial charge in [-0.2, -0.15) is 0 Å². The minimum Gasteiger partial charge on any atom is -0.493 e. The molecule has 0 amide bonds. The third kappa shape index (κ3) is 1.89. The van der Waals surface area contributed by atoms with Gasteiger partial charge in [-0.3, -0.25) is 4.79 Å². The van der Waals surface area contributed by atoms with Gasteiger partial charge in [0.1, 0.15) is 0 Å². The molecule has 1 heterocycles. The van der Waals surface area contributed by atoms with Gasteiger partial charge in [0.25, 0.3) is 0 Å². The number of H-pyrrole nitrogens is 1. The van der Waals surface area contributed by atoms with Crippen molar-refractivity contribution in [2.24, 2.45) is 0 Å². The number of nitrogens with one attached hydrogen (secondary N) is 1. The Hall–Kier alpha value is -2.69. The molecule has 2 aromatic carbocycles. The number of hydrogen-bond donors (Lipinski definition) is 1. The first kappa shape index (κ1) is 13.3. The lowest BCUT2D eigenvalue weighted by Crippen LogP contribution is -2.06. The van der Waals surface area contributed by atoms with E-state index in [2.05, 4.69) is 4.98 Å². The minimum atomic E-state index is -0.0707. The monoisotopic (exact) mass is 285 g/mol. The molecule has 0 aliphatic carbocycles. The largest absolute Gasteiger partial charge is 0.493 e. The van der Waals surface area contributed by atoms with Crippen LogP contribution in [0.4, 0.5) is 0 Å². The van der Waals surface area contributed by atoms with Crippen LogP contribution >= 0.6 is 0 Å². The Morgan fingerprint density at radius 3 is 2.29 bits per heavy atom. The third-order valence-corrected chi connectivity index (χ3v) is 3.51. The Labute approximate surface area is 121 Å². The van der Waals surface area contributed by atoms with Gasteiger partial charge in [-0.25, -0.2) is 0 Å². The minimum absolute atomic E-state index is 0.0707. The van der Waals surface area contributed by atoms with E-state index in [1.54, 1.807) is 12.1 Å². The Morgan fingerprint density at radius 2 is 1.62 bits per heavy atom. The van der Waals surface area contributed by atoms with Gasteiger partial charge in [-0.05, 0) is 18.2 Å². The van der Waals surface area contributed by atoms with E-state index in [1.807, 2.05) is 18.2 Å². The second-order valence-electron chi connectivity index (χ2n) is 4.57. The molecule has 1 aromatic heterocycles. The van der Waals surface area contributed by atoms with Crippen LogP contribution in [0.25, 0.3) is 21.8 Å². The normalized spacial score (nSPS) is 10.8. The molecule has 0 unspecified atom stereocenters. The van der Waals surface area contributed by atoms with Crippen LogP contribution in [0.15, 0.2) is 35.1 Å². The molecule has 0 saturated heterocycles. The molecule has 0 aliphatic heterocycles. The van der Waals surface area contributed by atoms with E-state index in [-0.39, 0.29) is 5.43 Å². The number of ether oxygens (including phenoxy) is 3. The van der Waals surface area contributed by atoms with Crippen molar-refractivity contribution in [3.05, 3.63) is 40.6 Å². The maximum Gasteiger partial charge on any atom is 0.205 e. The Bertz CT molecular complexity index is 883. The molecule has 108 valence electrons. The molecule has 0 aliphatic rings. The molecule has 0 bridgehead atoms. The Balaban J connectivity index is 2.56. The van der Waals surface area contributed by atoms with Gasteiger partial charge in [0, 0.05) is 10.9 Å². The second kappa shape index (κ2) is 5.01. The molecule has 3 aromatic rings. The van der Waals surface area contributed by atoms with Crippen LogP contribution in [0.1, 0.15) is 0 Å². The fraction of sp³-hybridized carbons (Fsp3) is 0.188. The lowest BCUT2D eigenvalue weighted by Gasteiger charge is -2.15. The standard InChI is InChI=1S/C16H15NO4/c1-19-12-8-10-13(16(21-3)15(12)20-2)17-11-7-5-4-6-9(11)14(10)18/h4-8H,1-3H3,(H,17,18). The lowest BCUT2D eigenvalue weighted by atomic mass is 10.1. The zero-order valence-corrected chi connectivity index (χ0v) is 12.0. The van der Waals surface area contributed by atoms with Gasteiger partial charge in [-0.1, -0.05) is 12.1 Å². The predicted molar refractivity (Wildman–Crippen MR) is 81.7 cm³/mol. The number of methoxy groups -OCH3 is 3. The summed E-state index contributed by atoms with van der Waals surface area (Å²) < 4.78 is 16.1. The summed E-state index contributed by atoms with van der Waals surface area (Å²) in [4.78, 5) is 15.9. The number of fused-ring (bicyclic) bond motifs is 2. The molecule has 0 fully saturated rings. The van der Waals surface area contributed by atoms with Gasteiger partial charge in [0.05, 0.1) is 32.2 Å². The van der Waals surface area contributed by atoms with Crippen molar-refractivity contribution in [1.82, 2.24) is 4.98 Å². The van der Waals surface area contributed by atoms with E-state index in [4.69, 9.17) is 14.2 Å². The summed E-state index contributed by atoms with van der Waals surface area (Å²) in [5, 5.41) is 1.13. The first-order valence-corrected chi connectivity index (χ1v) is 6.45. The van der Waals surface area contributed by atoms with Crippen molar-refractivity contribution < 1.29 is 14.2 Å².